The number of hydrogen-bond donors (Lipinski definition) is 3. The molecule has 3 aromatic rings. The van der Waals surface area contributed by atoms with E-state index < -0.39 is 6.29 Å². The number of aliphatic hydroxyl groups is 2. The van der Waals surface area contributed by atoms with Crippen LogP contribution in [0.25, 0.3) is 22.4 Å². The van der Waals surface area contributed by atoms with Crippen LogP contribution in [0, 0.1) is 0 Å². The van der Waals surface area contributed by atoms with Gasteiger partial charge in [0.1, 0.15) is 10.8 Å². The van der Waals surface area contributed by atoms with E-state index >= 15 is 0 Å². The van der Waals surface area contributed by atoms with Gasteiger partial charge in [0.2, 0.25) is 0 Å². The Hall–Kier alpha value is -2.94. The lowest BCUT2D eigenvalue weighted by Crippen LogP contribution is -2.12. The van der Waals surface area contributed by atoms with E-state index in [2.05, 4.69) is 15.3 Å². The number of allylic oxidation sites excluding steroid dienone is 2. The Bertz CT molecular complexity index is 956. The maximum Gasteiger partial charge on any atom is 0.162 e. The summed E-state index contributed by atoms with van der Waals surface area (Å²) >= 11 is 1.58. The van der Waals surface area contributed by atoms with Crippen LogP contribution in [0.2, 0.25) is 0 Å². The van der Waals surface area contributed by atoms with Crippen LogP contribution in [0.15, 0.2) is 42.6 Å². The van der Waals surface area contributed by atoms with Crippen molar-refractivity contribution in [3.63, 3.8) is 0 Å². The number of nitrogens with one attached hydrogen (secondary N) is 1. The second-order valence-electron chi connectivity index (χ2n) is 6.12. The van der Waals surface area contributed by atoms with Crippen molar-refractivity contribution in [2.24, 2.45) is 0 Å². The van der Waals surface area contributed by atoms with Gasteiger partial charge >= 0.3 is 0 Å². The summed E-state index contributed by atoms with van der Waals surface area (Å²) in [4.78, 5) is 8.89. The van der Waals surface area contributed by atoms with Crippen molar-refractivity contribution < 1.29 is 19.7 Å². The third kappa shape index (κ3) is 5.77. The summed E-state index contributed by atoms with van der Waals surface area (Å²) in [5.41, 5.74) is 1.83. The number of aliphatic hydroxyl groups excluding tert-OH is 1. The number of nitrogens with zero attached hydrogens (tertiary/aromatic N) is 2. The molecule has 0 saturated carbocycles. The number of methoxy groups -OCH3 is 2. The molecule has 1 aromatic carbocycles. The molecule has 0 bridgehead atoms. The first-order valence-electron chi connectivity index (χ1n) is 9.02. The molecular formula is C21H23N3O4S. The first kappa shape index (κ1) is 20.8. The molecule has 0 spiro atoms. The molecule has 3 rings (SSSR count). The predicted molar refractivity (Wildman–Crippen MR) is 116 cm³/mol. The van der Waals surface area contributed by atoms with Crippen molar-refractivity contribution in [1.82, 2.24) is 9.97 Å². The zero-order valence-corrected chi connectivity index (χ0v) is 17.0. The van der Waals surface area contributed by atoms with Gasteiger partial charge in [0, 0.05) is 31.3 Å². The number of benzene rings is 1. The van der Waals surface area contributed by atoms with E-state index in [1.807, 2.05) is 48.6 Å². The van der Waals surface area contributed by atoms with Crippen LogP contribution in [-0.4, -0.2) is 47.2 Å². The minimum Gasteiger partial charge on any atom is -0.493 e. The number of thiazole rings is 1. The van der Waals surface area contributed by atoms with Crippen LogP contribution < -0.4 is 14.8 Å². The van der Waals surface area contributed by atoms with Crippen LogP contribution in [0.3, 0.4) is 0 Å². The van der Waals surface area contributed by atoms with E-state index in [4.69, 9.17) is 19.7 Å². The van der Waals surface area contributed by atoms with Gasteiger partial charge in [-0.2, -0.15) is 0 Å². The Morgan fingerprint density at radius 3 is 2.55 bits per heavy atom. The Kier molecular flexibility index (Phi) is 7.18. The molecule has 29 heavy (non-hydrogen) atoms. The van der Waals surface area contributed by atoms with Gasteiger partial charge in [-0.3, -0.25) is 0 Å². The molecule has 8 heteroatoms. The summed E-state index contributed by atoms with van der Waals surface area (Å²) in [6.07, 6.45) is 8.45. The van der Waals surface area contributed by atoms with Crippen LogP contribution in [-0.2, 0) is 0 Å². The zero-order chi connectivity index (χ0) is 20.6. The van der Waals surface area contributed by atoms with Crippen LogP contribution in [0.5, 0.6) is 11.5 Å². The molecule has 2 aromatic heterocycles. The topological polar surface area (TPSA) is 96.7 Å². The highest BCUT2D eigenvalue weighted by atomic mass is 32.1. The Morgan fingerprint density at radius 1 is 1.10 bits per heavy atom. The average molecular weight is 413 g/mol. The van der Waals surface area contributed by atoms with E-state index in [0.717, 1.165) is 20.8 Å². The molecule has 152 valence electrons. The molecule has 0 unspecified atom stereocenters. The highest BCUT2D eigenvalue weighted by Crippen LogP contribution is 2.34. The van der Waals surface area contributed by atoms with Gasteiger partial charge in [0.05, 0.1) is 24.4 Å². The molecule has 0 saturated heterocycles. The first-order chi connectivity index (χ1) is 14.1. The van der Waals surface area contributed by atoms with Crippen LogP contribution >= 0.6 is 11.3 Å². The number of hydrogen-bond acceptors (Lipinski definition) is 8. The quantitative estimate of drug-likeness (QED) is 0.365. The second kappa shape index (κ2) is 10.0. The van der Waals surface area contributed by atoms with Gasteiger partial charge in [-0.1, -0.05) is 18.2 Å². The van der Waals surface area contributed by atoms with E-state index in [-0.39, 0.29) is 6.42 Å². The molecule has 0 aliphatic rings. The summed E-state index contributed by atoms with van der Waals surface area (Å²) in [7, 11) is 3.23. The maximum absolute atomic E-state index is 8.83. The van der Waals surface area contributed by atoms with Gasteiger partial charge in [-0.05, 0) is 23.8 Å². The summed E-state index contributed by atoms with van der Waals surface area (Å²) in [6, 6.07) is 7.59. The molecule has 0 fully saturated rings. The van der Waals surface area contributed by atoms with Gasteiger partial charge in [0.15, 0.2) is 17.8 Å². The molecule has 3 N–H and O–H groups in total. The Morgan fingerprint density at radius 2 is 1.86 bits per heavy atom. The van der Waals surface area contributed by atoms with Crippen LogP contribution in [0.4, 0.5) is 5.82 Å². The number of ether oxygens (including phenoxy) is 2. The van der Waals surface area contributed by atoms with Gasteiger partial charge in [-0.15, -0.1) is 11.3 Å². The fourth-order valence-electron chi connectivity index (χ4n) is 2.59. The van der Waals surface area contributed by atoms with Crippen molar-refractivity contribution in [3.8, 4) is 11.5 Å². The molecule has 0 radical (unpaired) electrons. The number of aromatic nitrogens is 2. The van der Waals surface area contributed by atoms with Crippen molar-refractivity contribution in [2.45, 2.75) is 12.7 Å². The number of pyridine rings is 1. The molecule has 7 nitrogen and oxygen atoms in total. The zero-order valence-electron chi connectivity index (χ0n) is 16.2. The number of fused-ring (bicyclic) bond motifs is 1. The van der Waals surface area contributed by atoms with Crippen molar-refractivity contribution in [1.29, 1.82) is 0 Å². The highest BCUT2D eigenvalue weighted by Gasteiger charge is 2.09. The lowest BCUT2D eigenvalue weighted by Gasteiger charge is -2.06. The van der Waals surface area contributed by atoms with Gasteiger partial charge in [-0.25, -0.2) is 9.97 Å². The van der Waals surface area contributed by atoms with Crippen molar-refractivity contribution >= 4 is 39.5 Å². The summed E-state index contributed by atoms with van der Waals surface area (Å²) in [6.45, 7) is 0.447. The third-order valence-electron chi connectivity index (χ3n) is 4.04. The maximum atomic E-state index is 8.83. The fraction of sp³-hybridized carbons (Fsp3) is 0.238. The standard InChI is InChI=1S/C21H23N3O4S/c1-27-16-11-15-18(12-17(16)28-2)29-20(24-15)6-4-3-5-14-7-8-19(23-13-14)22-10-9-21(25)26/h3-8,11-13,21,25-26H,9-10H2,1-2H3,(H,22,23)/b5-3+,6-4+. The first-order valence-corrected chi connectivity index (χ1v) is 9.84. The summed E-state index contributed by atoms with van der Waals surface area (Å²) in [5, 5.41) is 21.6. The molecular weight excluding hydrogens is 390 g/mol. The smallest absolute Gasteiger partial charge is 0.162 e. The monoisotopic (exact) mass is 413 g/mol. The predicted octanol–water partition coefficient (Wildman–Crippen LogP) is 3.55. The number of anilines is 1. The van der Waals surface area contributed by atoms with E-state index in [1.165, 1.54) is 0 Å². The van der Waals surface area contributed by atoms with Gasteiger partial charge < -0.3 is 25.0 Å². The largest absolute Gasteiger partial charge is 0.493 e. The van der Waals surface area contributed by atoms with Crippen LogP contribution in [0.1, 0.15) is 17.0 Å². The minimum absolute atomic E-state index is 0.249. The molecule has 0 aliphatic heterocycles. The lowest BCUT2D eigenvalue weighted by molar-refractivity contribution is -0.0423. The molecule has 0 amide bonds. The van der Waals surface area contributed by atoms with E-state index in [1.54, 1.807) is 31.8 Å². The summed E-state index contributed by atoms with van der Waals surface area (Å²) in [5.74, 6) is 2.05. The lowest BCUT2D eigenvalue weighted by atomic mass is 10.2. The number of rotatable bonds is 9. The minimum atomic E-state index is -1.31. The second-order valence-corrected chi connectivity index (χ2v) is 7.18. The molecule has 2 heterocycles. The SMILES string of the molecule is COc1cc2nc(/C=C/C=C/c3ccc(NCCC(O)O)nc3)sc2cc1OC. The summed E-state index contributed by atoms with van der Waals surface area (Å²) < 4.78 is 11.7. The van der Waals surface area contributed by atoms with Gasteiger partial charge in [0.25, 0.3) is 0 Å². The Balaban J connectivity index is 1.61. The molecule has 0 atom stereocenters. The van der Waals surface area contributed by atoms with E-state index in [0.29, 0.717) is 23.9 Å². The third-order valence-corrected chi connectivity index (χ3v) is 5.03. The Labute approximate surface area is 173 Å². The average Bonchev–Trinajstić information content (AvgIpc) is 3.12. The normalized spacial score (nSPS) is 11.8. The van der Waals surface area contributed by atoms with Crippen molar-refractivity contribution in [3.05, 3.63) is 53.2 Å². The van der Waals surface area contributed by atoms with Crippen molar-refractivity contribution in [2.75, 3.05) is 26.1 Å². The molecule has 0 aliphatic carbocycles. The highest BCUT2D eigenvalue weighted by molar-refractivity contribution is 7.19. The fourth-order valence-corrected chi connectivity index (χ4v) is 3.48. The van der Waals surface area contributed by atoms with E-state index in [9.17, 15) is 0 Å².